The number of anilines is 3. The van der Waals surface area contributed by atoms with Gasteiger partial charge >= 0.3 is 11.8 Å². The Morgan fingerprint density at radius 3 is 2.39 bits per heavy atom. The largest absolute Gasteiger partial charge is 0.397 e. The lowest BCUT2D eigenvalue weighted by atomic mass is 10.1. The van der Waals surface area contributed by atoms with Crippen molar-refractivity contribution >= 4 is 28.9 Å². The van der Waals surface area contributed by atoms with Gasteiger partial charge in [0.05, 0.1) is 11.4 Å². The topological polar surface area (TPSA) is 84.2 Å². The highest BCUT2D eigenvalue weighted by Gasteiger charge is 2.17. The quantitative estimate of drug-likeness (QED) is 0.602. The van der Waals surface area contributed by atoms with E-state index in [1.807, 2.05) is 45.0 Å². The molecule has 0 aliphatic rings. The van der Waals surface area contributed by atoms with Crippen molar-refractivity contribution in [3.8, 4) is 0 Å². The zero-order valence-electron chi connectivity index (χ0n) is 13.6. The number of hydrogen-bond donors (Lipinski definition) is 3. The molecular formula is C18H21N3O2. The van der Waals surface area contributed by atoms with Crippen LogP contribution in [0.4, 0.5) is 17.1 Å². The molecule has 4 N–H and O–H groups in total. The molecule has 2 aromatic rings. The molecule has 2 rings (SSSR count). The molecule has 5 nitrogen and oxygen atoms in total. The Hall–Kier alpha value is -2.82. The van der Waals surface area contributed by atoms with Gasteiger partial charge in [-0.1, -0.05) is 31.2 Å². The molecule has 0 aliphatic heterocycles. The van der Waals surface area contributed by atoms with Gasteiger partial charge in [-0.05, 0) is 49.1 Å². The maximum atomic E-state index is 12.2. The number of rotatable bonds is 3. The van der Waals surface area contributed by atoms with Crippen LogP contribution >= 0.6 is 0 Å². The lowest BCUT2D eigenvalue weighted by Gasteiger charge is -2.13. The highest BCUT2D eigenvalue weighted by atomic mass is 16.2. The van der Waals surface area contributed by atoms with Crippen LogP contribution in [-0.4, -0.2) is 11.8 Å². The summed E-state index contributed by atoms with van der Waals surface area (Å²) in [7, 11) is 0. The molecular weight excluding hydrogens is 290 g/mol. The van der Waals surface area contributed by atoms with Crippen LogP contribution in [0.25, 0.3) is 0 Å². The third-order valence-electron chi connectivity index (χ3n) is 3.64. The van der Waals surface area contributed by atoms with Crippen LogP contribution < -0.4 is 16.4 Å². The smallest absolute Gasteiger partial charge is 0.314 e. The van der Waals surface area contributed by atoms with Gasteiger partial charge in [0.25, 0.3) is 0 Å². The van der Waals surface area contributed by atoms with E-state index in [1.165, 1.54) is 0 Å². The molecule has 2 amide bonds. The van der Waals surface area contributed by atoms with Gasteiger partial charge in [-0.25, -0.2) is 0 Å². The second-order valence-corrected chi connectivity index (χ2v) is 5.46. The molecule has 0 saturated carbocycles. The van der Waals surface area contributed by atoms with E-state index < -0.39 is 11.8 Å². The highest BCUT2D eigenvalue weighted by Crippen LogP contribution is 2.22. The van der Waals surface area contributed by atoms with Gasteiger partial charge in [-0.3, -0.25) is 9.59 Å². The van der Waals surface area contributed by atoms with E-state index in [2.05, 4.69) is 10.6 Å². The summed E-state index contributed by atoms with van der Waals surface area (Å²) in [5.74, 6) is -1.46. The molecule has 0 atom stereocenters. The number of nitrogen functional groups attached to an aromatic ring is 1. The van der Waals surface area contributed by atoms with Crippen molar-refractivity contribution < 1.29 is 9.59 Å². The molecule has 0 saturated heterocycles. The molecule has 2 aromatic carbocycles. The minimum absolute atomic E-state index is 0.427. The number of benzene rings is 2. The zero-order valence-corrected chi connectivity index (χ0v) is 13.6. The lowest BCUT2D eigenvalue weighted by Crippen LogP contribution is -2.30. The SMILES string of the molecule is CCc1cccc(C)c1NC(=O)C(=O)Nc1ccc(C)cc1N. The zero-order chi connectivity index (χ0) is 17.0. The van der Waals surface area contributed by atoms with E-state index in [4.69, 9.17) is 5.73 Å². The van der Waals surface area contributed by atoms with Crippen LogP contribution in [0.15, 0.2) is 36.4 Å². The predicted molar refractivity (Wildman–Crippen MR) is 93.4 cm³/mol. The average Bonchev–Trinajstić information content (AvgIpc) is 2.51. The van der Waals surface area contributed by atoms with Crippen molar-refractivity contribution in [1.29, 1.82) is 0 Å². The van der Waals surface area contributed by atoms with Crippen molar-refractivity contribution in [2.45, 2.75) is 27.2 Å². The van der Waals surface area contributed by atoms with E-state index >= 15 is 0 Å². The van der Waals surface area contributed by atoms with E-state index in [9.17, 15) is 9.59 Å². The summed E-state index contributed by atoms with van der Waals surface area (Å²) in [5.41, 5.74) is 10.3. The van der Waals surface area contributed by atoms with E-state index in [0.29, 0.717) is 17.1 Å². The van der Waals surface area contributed by atoms with Crippen molar-refractivity contribution in [3.63, 3.8) is 0 Å². The first-order valence-corrected chi connectivity index (χ1v) is 7.49. The minimum Gasteiger partial charge on any atom is -0.397 e. The normalized spacial score (nSPS) is 10.2. The minimum atomic E-state index is -0.745. The van der Waals surface area contributed by atoms with Gasteiger partial charge in [0.1, 0.15) is 0 Å². The monoisotopic (exact) mass is 311 g/mol. The highest BCUT2D eigenvalue weighted by molar-refractivity contribution is 6.44. The summed E-state index contributed by atoms with van der Waals surface area (Å²) in [4.78, 5) is 24.2. The molecule has 120 valence electrons. The number of carbonyl (C=O) groups excluding carboxylic acids is 2. The Morgan fingerprint density at radius 2 is 1.74 bits per heavy atom. The van der Waals surface area contributed by atoms with Gasteiger partial charge in [0, 0.05) is 5.69 Å². The van der Waals surface area contributed by atoms with Crippen LogP contribution in [0, 0.1) is 13.8 Å². The fourth-order valence-electron chi connectivity index (χ4n) is 2.35. The first-order valence-electron chi connectivity index (χ1n) is 7.49. The van der Waals surface area contributed by atoms with Crippen molar-refractivity contribution in [2.24, 2.45) is 0 Å². The number of amides is 2. The lowest BCUT2D eigenvalue weighted by molar-refractivity contribution is -0.133. The van der Waals surface area contributed by atoms with Crippen molar-refractivity contribution in [1.82, 2.24) is 0 Å². The van der Waals surface area contributed by atoms with Crippen LogP contribution in [0.2, 0.25) is 0 Å². The molecule has 0 unspecified atom stereocenters. The number of hydrogen-bond acceptors (Lipinski definition) is 3. The van der Waals surface area contributed by atoms with Gasteiger partial charge in [-0.2, -0.15) is 0 Å². The summed E-state index contributed by atoms with van der Waals surface area (Å²) >= 11 is 0. The first kappa shape index (κ1) is 16.5. The Kier molecular flexibility index (Phi) is 5.01. The number of nitrogens with one attached hydrogen (secondary N) is 2. The molecule has 0 radical (unpaired) electrons. The third-order valence-corrected chi connectivity index (χ3v) is 3.64. The van der Waals surface area contributed by atoms with Crippen LogP contribution in [-0.2, 0) is 16.0 Å². The first-order chi connectivity index (χ1) is 10.9. The number of para-hydroxylation sites is 1. The summed E-state index contributed by atoms with van der Waals surface area (Å²) < 4.78 is 0. The Morgan fingerprint density at radius 1 is 1.04 bits per heavy atom. The maximum Gasteiger partial charge on any atom is 0.314 e. The molecule has 0 fully saturated rings. The fraction of sp³-hybridized carbons (Fsp3) is 0.222. The Balaban J connectivity index is 2.13. The van der Waals surface area contributed by atoms with Gasteiger partial charge < -0.3 is 16.4 Å². The number of nitrogens with two attached hydrogens (primary N) is 1. The summed E-state index contributed by atoms with van der Waals surface area (Å²) in [6.45, 7) is 5.79. The van der Waals surface area contributed by atoms with Crippen LogP contribution in [0.3, 0.4) is 0 Å². The summed E-state index contributed by atoms with van der Waals surface area (Å²) in [6.07, 6.45) is 0.768. The molecule has 5 heteroatoms. The third kappa shape index (κ3) is 3.88. The van der Waals surface area contributed by atoms with Gasteiger partial charge in [0.2, 0.25) is 0 Å². The van der Waals surface area contributed by atoms with Gasteiger partial charge in [0.15, 0.2) is 0 Å². The van der Waals surface area contributed by atoms with E-state index in [0.717, 1.165) is 23.1 Å². The fourth-order valence-corrected chi connectivity index (χ4v) is 2.35. The second-order valence-electron chi connectivity index (χ2n) is 5.46. The molecule has 0 heterocycles. The van der Waals surface area contributed by atoms with E-state index in [-0.39, 0.29) is 0 Å². The molecule has 0 aliphatic carbocycles. The van der Waals surface area contributed by atoms with E-state index in [1.54, 1.807) is 12.1 Å². The van der Waals surface area contributed by atoms with Gasteiger partial charge in [-0.15, -0.1) is 0 Å². The molecule has 0 bridgehead atoms. The summed E-state index contributed by atoms with van der Waals surface area (Å²) in [6, 6.07) is 11.0. The predicted octanol–water partition coefficient (Wildman–Crippen LogP) is 3.03. The molecule has 0 aromatic heterocycles. The van der Waals surface area contributed by atoms with Crippen molar-refractivity contribution in [3.05, 3.63) is 53.1 Å². The maximum absolute atomic E-state index is 12.2. The Bertz CT molecular complexity index is 754. The Labute approximate surface area is 135 Å². The standard InChI is InChI=1S/C18H21N3O2/c1-4-13-7-5-6-12(3)16(13)21-18(23)17(22)20-15-9-8-11(2)10-14(15)19/h5-10H,4,19H2,1-3H3,(H,20,22)(H,21,23). The van der Waals surface area contributed by atoms with Crippen molar-refractivity contribution in [2.75, 3.05) is 16.4 Å². The number of carbonyl (C=O) groups is 2. The average molecular weight is 311 g/mol. The number of aryl methyl sites for hydroxylation is 3. The summed E-state index contributed by atoms with van der Waals surface area (Å²) in [5, 5.41) is 5.23. The second kappa shape index (κ2) is 6.96. The van der Waals surface area contributed by atoms with Crippen LogP contribution in [0.1, 0.15) is 23.6 Å². The molecule has 0 spiro atoms. The molecule has 23 heavy (non-hydrogen) atoms. The van der Waals surface area contributed by atoms with Crippen LogP contribution in [0.5, 0.6) is 0 Å².